The third kappa shape index (κ3) is 3.11. The van der Waals surface area contributed by atoms with Crippen molar-refractivity contribution in [2.45, 2.75) is 99.9 Å². The molecule has 4 aliphatic carbocycles. The highest BCUT2D eigenvalue weighted by Gasteiger charge is 2.66. The SMILES string of the molecule is C[C@H]1CC[C@@H]2N(C1)C[C@@H]1[C@@H]3C[C@H]4[C@H](CC[C@@H]5C(Cl)(Cl)[C@H](Cl)CC[C@@]54C)[C@@H]3CC[C@@H]1[C@]2(C)O. The summed E-state index contributed by atoms with van der Waals surface area (Å²) in [7, 11) is 0. The number of hydrogen-bond donors (Lipinski definition) is 1. The number of piperidine rings is 2. The van der Waals surface area contributed by atoms with Crippen LogP contribution in [0.1, 0.15) is 78.6 Å². The van der Waals surface area contributed by atoms with Crippen LogP contribution in [0.5, 0.6) is 0 Å². The van der Waals surface area contributed by atoms with Gasteiger partial charge in [-0.1, -0.05) is 37.0 Å². The average Bonchev–Trinajstić information content (AvgIpc) is 3.11. The number of rotatable bonds is 0. The van der Waals surface area contributed by atoms with Gasteiger partial charge in [0.05, 0.1) is 11.0 Å². The van der Waals surface area contributed by atoms with E-state index in [-0.39, 0.29) is 10.8 Å². The second-order valence-electron chi connectivity index (χ2n) is 13.4. The zero-order valence-electron chi connectivity index (χ0n) is 20.1. The molecular weight excluding hydrogens is 461 g/mol. The standard InChI is InChI=1S/C27H42Cl3NO/c1-15-4-9-24-26(3,32)20-7-5-16-17-6-8-22-25(2,11-10-23(28)27(22,29)30)21(17)12-18(16)19(20)14-31(24)13-15/h15-24,32H,4-14H2,1-3H3/t15-,16-,17+,18+,19+,20-,21-,22-,23+,24-,25+,26-/m0/s1. The Hall–Kier alpha value is 0.790. The minimum absolute atomic E-state index is 0.125. The normalized spacial score (nSPS) is 59.3. The van der Waals surface area contributed by atoms with Crippen LogP contribution in [0.3, 0.4) is 0 Å². The van der Waals surface area contributed by atoms with E-state index in [4.69, 9.17) is 34.8 Å². The first-order valence-electron chi connectivity index (χ1n) is 13.5. The lowest BCUT2D eigenvalue weighted by atomic mass is 9.52. The molecule has 0 radical (unpaired) electrons. The molecular formula is C27H42Cl3NO. The lowest BCUT2D eigenvalue weighted by Gasteiger charge is -2.60. The number of alkyl halides is 3. The van der Waals surface area contributed by atoms with Crippen LogP contribution in [0, 0.1) is 52.8 Å². The van der Waals surface area contributed by atoms with Gasteiger partial charge in [0.1, 0.15) is 4.33 Å². The molecule has 0 aromatic carbocycles. The van der Waals surface area contributed by atoms with Crippen molar-refractivity contribution in [2.24, 2.45) is 52.8 Å². The summed E-state index contributed by atoms with van der Waals surface area (Å²) in [4.78, 5) is 2.70. The number of halogens is 3. The van der Waals surface area contributed by atoms with Crippen LogP contribution < -0.4 is 0 Å². The maximum atomic E-state index is 11.9. The van der Waals surface area contributed by atoms with Gasteiger partial charge in [-0.25, -0.2) is 0 Å². The summed E-state index contributed by atoms with van der Waals surface area (Å²) in [6, 6.07) is 0.370. The Labute approximate surface area is 210 Å². The van der Waals surface area contributed by atoms with Crippen molar-refractivity contribution in [3.63, 3.8) is 0 Å². The molecule has 2 saturated heterocycles. The summed E-state index contributed by atoms with van der Waals surface area (Å²) in [5.74, 6) is 5.34. The third-order valence-corrected chi connectivity index (χ3v) is 13.9. The van der Waals surface area contributed by atoms with Crippen molar-refractivity contribution < 1.29 is 5.11 Å². The Morgan fingerprint density at radius 1 is 0.812 bits per heavy atom. The lowest BCUT2D eigenvalue weighted by molar-refractivity contribution is -0.175. The summed E-state index contributed by atoms with van der Waals surface area (Å²) in [6.07, 6.45) is 10.8. The monoisotopic (exact) mass is 501 g/mol. The van der Waals surface area contributed by atoms with E-state index >= 15 is 0 Å². The molecule has 2 nitrogen and oxygen atoms in total. The second-order valence-corrected chi connectivity index (χ2v) is 15.3. The van der Waals surface area contributed by atoms with E-state index in [0.717, 1.165) is 42.4 Å². The first-order valence-corrected chi connectivity index (χ1v) is 14.7. The van der Waals surface area contributed by atoms with Gasteiger partial charge in [0.15, 0.2) is 0 Å². The molecule has 182 valence electrons. The topological polar surface area (TPSA) is 23.5 Å². The highest BCUT2D eigenvalue weighted by atomic mass is 35.5. The van der Waals surface area contributed by atoms with Crippen molar-refractivity contribution in [1.82, 2.24) is 4.90 Å². The summed E-state index contributed by atoms with van der Waals surface area (Å²) in [6.45, 7) is 9.48. The smallest absolute Gasteiger partial charge is 0.137 e. The molecule has 0 spiro atoms. The second kappa shape index (κ2) is 7.64. The van der Waals surface area contributed by atoms with Crippen molar-refractivity contribution in [2.75, 3.05) is 13.1 Å². The highest BCUT2D eigenvalue weighted by Crippen LogP contribution is 2.70. The van der Waals surface area contributed by atoms with Crippen LogP contribution in [0.25, 0.3) is 0 Å². The van der Waals surface area contributed by atoms with Crippen molar-refractivity contribution in [3.05, 3.63) is 0 Å². The Morgan fingerprint density at radius 3 is 2.34 bits per heavy atom. The van der Waals surface area contributed by atoms with E-state index in [0.29, 0.717) is 23.8 Å². The number of hydrogen-bond acceptors (Lipinski definition) is 2. The van der Waals surface area contributed by atoms with Crippen molar-refractivity contribution >= 4 is 34.8 Å². The van der Waals surface area contributed by atoms with Crippen LogP contribution in [-0.2, 0) is 0 Å². The number of fused-ring (bicyclic) bond motifs is 8. The average molecular weight is 503 g/mol. The van der Waals surface area contributed by atoms with Gasteiger partial charge in [0.25, 0.3) is 0 Å². The molecule has 2 heterocycles. The Morgan fingerprint density at radius 2 is 1.56 bits per heavy atom. The summed E-state index contributed by atoms with van der Waals surface area (Å²) < 4.78 is -0.790. The minimum atomic E-state index is -0.790. The van der Waals surface area contributed by atoms with Crippen LogP contribution >= 0.6 is 34.8 Å². The summed E-state index contributed by atoms with van der Waals surface area (Å²) in [5, 5.41) is 11.7. The van der Waals surface area contributed by atoms with E-state index in [2.05, 4.69) is 25.7 Å². The summed E-state index contributed by atoms with van der Waals surface area (Å²) in [5.41, 5.74) is -0.323. The van der Waals surface area contributed by atoms with E-state index in [9.17, 15) is 5.11 Å². The maximum Gasteiger partial charge on any atom is 0.137 e. The maximum absolute atomic E-state index is 11.9. The molecule has 0 unspecified atom stereocenters. The molecule has 2 aliphatic heterocycles. The minimum Gasteiger partial charge on any atom is -0.388 e. The van der Waals surface area contributed by atoms with Gasteiger partial charge in [-0.05, 0) is 117 Å². The zero-order valence-corrected chi connectivity index (χ0v) is 22.3. The molecule has 32 heavy (non-hydrogen) atoms. The van der Waals surface area contributed by atoms with Gasteiger partial charge in [-0.2, -0.15) is 0 Å². The first kappa shape index (κ1) is 23.2. The molecule has 6 fully saturated rings. The molecule has 0 amide bonds. The molecule has 4 saturated carbocycles. The number of aliphatic hydroxyl groups is 1. The van der Waals surface area contributed by atoms with Gasteiger partial charge in [-0.3, -0.25) is 4.90 Å². The van der Waals surface area contributed by atoms with Gasteiger partial charge in [0.2, 0.25) is 0 Å². The predicted octanol–water partition coefficient (Wildman–Crippen LogP) is 6.74. The Balaban J connectivity index is 1.30. The molecule has 0 bridgehead atoms. The molecule has 1 N–H and O–H groups in total. The van der Waals surface area contributed by atoms with Crippen LogP contribution in [0.2, 0.25) is 0 Å². The highest BCUT2D eigenvalue weighted by molar-refractivity contribution is 6.52. The van der Waals surface area contributed by atoms with Crippen LogP contribution in [0.4, 0.5) is 0 Å². The molecule has 5 heteroatoms. The third-order valence-electron chi connectivity index (χ3n) is 12.1. The fourth-order valence-corrected chi connectivity index (χ4v) is 11.8. The molecule has 12 atom stereocenters. The molecule has 6 aliphatic rings. The van der Waals surface area contributed by atoms with E-state index in [1.54, 1.807) is 0 Å². The fraction of sp³-hybridized carbons (Fsp3) is 1.00. The molecule has 6 rings (SSSR count). The largest absolute Gasteiger partial charge is 0.388 e. The zero-order chi connectivity index (χ0) is 22.6. The van der Waals surface area contributed by atoms with Gasteiger partial charge < -0.3 is 5.11 Å². The van der Waals surface area contributed by atoms with Crippen LogP contribution in [-0.4, -0.2) is 44.4 Å². The van der Waals surface area contributed by atoms with Crippen molar-refractivity contribution in [3.8, 4) is 0 Å². The van der Waals surface area contributed by atoms with E-state index in [1.807, 2.05) is 0 Å². The van der Waals surface area contributed by atoms with Gasteiger partial charge in [-0.15, -0.1) is 11.6 Å². The van der Waals surface area contributed by atoms with Crippen LogP contribution in [0.15, 0.2) is 0 Å². The molecule has 0 aromatic heterocycles. The van der Waals surface area contributed by atoms with Gasteiger partial charge in [0, 0.05) is 19.1 Å². The van der Waals surface area contributed by atoms with E-state index < -0.39 is 9.93 Å². The van der Waals surface area contributed by atoms with Gasteiger partial charge >= 0.3 is 0 Å². The predicted molar refractivity (Wildman–Crippen MR) is 133 cm³/mol. The first-order chi connectivity index (χ1) is 15.0. The van der Waals surface area contributed by atoms with E-state index in [1.165, 1.54) is 58.0 Å². The lowest BCUT2D eigenvalue weighted by Crippen LogP contribution is -2.67. The Kier molecular flexibility index (Phi) is 5.54. The fourth-order valence-electron chi connectivity index (χ4n) is 10.6. The number of nitrogens with zero attached hydrogens (tertiary/aromatic N) is 1. The molecule has 0 aromatic rings. The summed E-state index contributed by atoms with van der Waals surface area (Å²) >= 11 is 20.6. The quantitative estimate of drug-likeness (QED) is 0.371. The Bertz CT molecular complexity index is 757. The van der Waals surface area contributed by atoms with Crippen molar-refractivity contribution in [1.29, 1.82) is 0 Å².